The SMILES string of the molecule is COc1cc(Br)cc2sc(=O)oc12. The maximum absolute atomic E-state index is 10.9. The van der Waals surface area contributed by atoms with Crippen molar-refractivity contribution in [3.05, 3.63) is 26.3 Å². The number of halogens is 1. The molecule has 0 bridgehead atoms. The molecular weight excluding hydrogens is 256 g/mol. The van der Waals surface area contributed by atoms with Gasteiger partial charge in [-0.3, -0.25) is 0 Å². The number of ether oxygens (including phenoxy) is 1. The molecule has 0 saturated carbocycles. The summed E-state index contributed by atoms with van der Waals surface area (Å²) < 4.78 is 11.7. The molecule has 0 N–H and O–H groups in total. The van der Waals surface area contributed by atoms with E-state index in [2.05, 4.69) is 15.9 Å². The first-order valence-electron chi connectivity index (χ1n) is 3.48. The quantitative estimate of drug-likeness (QED) is 0.792. The number of rotatable bonds is 1. The molecule has 1 aromatic heterocycles. The van der Waals surface area contributed by atoms with Crippen LogP contribution >= 0.6 is 27.3 Å². The Kier molecular flexibility index (Phi) is 2.13. The molecule has 13 heavy (non-hydrogen) atoms. The lowest BCUT2D eigenvalue weighted by Crippen LogP contribution is -1.84. The minimum absolute atomic E-state index is 0.314. The second-order valence-electron chi connectivity index (χ2n) is 2.39. The van der Waals surface area contributed by atoms with E-state index in [1.54, 1.807) is 13.2 Å². The van der Waals surface area contributed by atoms with E-state index in [-0.39, 0.29) is 4.94 Å². The molecule has 0 aliphatic carbocycles. The second kappa shape index (κ2) is 3.16. The highest BCUT2D eigenvalue weighted by Crippen LogP contribution is 2.31. The normalized spacial score (nSPS) is 10.6. The lowest BCUT2D eigenvalue weighted by atomic mass is 10.3. The lowest BCUT2D eigenvalue weighted by Gasteiger charge is -1.99. The molecule has 2 rings (SSSR count). The van der Waals surface area contributed by atoms with Gasteiger partial charge >= 0.3 is 4.94 Å². The number of benzene rings is 1. The highest BCUT2D eigenvalue weighted by Gasteiger charge is 2.09. The zero-order chi connectivity index (χ0) is 9.42. The predicted molar refractivity (Wildman–Crippen MR) is 54.6 cm³/mol. The van der Waals surface area contributed by atoms with Crippen molar-refractivity contribution in [2.24, 2.45) is 0 Å². The molecule has 0 amide bonds. The number of hydrogen-bond donors (Lipinski definition) is 0. The predicted octanol–water partition coefficient (Wildman–Crippen LogP) is 2.63. The van der Waals surface area contributed by atoms with Gasteiger partial charge in [-0.25, -0.2) is 4.79 Å². The van der Waals surface area contributed by atoms with Gasteiger partial charge in [-0.05, 0) is 12.1 Å². The van der Waals surface area contributed by atoms with E-state index in [0.717, 1.165) is 20.5 Å². The van der Waals surface area contributed by atoms with Crippen LogP contribution in [0.25, 0.3) is 10.3 Å². The first-order chi connectivity index (χ1) is 6.20. The molecule has 68 valence electrons. The van der Waals surface area contributed by atoms with Crippen molar-refractivity contribution in [3.8, 4) is 5.75 Å². The third-order valence-electron chi connectivity index (χ3n) is 1.58. The van der Waals surface area contributed by atoms with Crippen LogP contribution in [-0.4, -0.2) is 7.11 Å². The minimum Gasteiger partial charge on any atom is -0.493 e. The number of methoxy groups -OCH3 is 1. The summed E-state index contributed by atoms with van der Waals surface area (Å²) in [7, 11) is 1.54. The molecule has 0 saturated heterocycles. The Labute approximate surface area is 86.1 Å². The van der Waals surface area contributed by atoms with Gasteiger partial charge in [-0.1, -0.05) is 27.3 Å². The first-order valence-corrected chi connectivity index (χ1v) is 5.09. The monoisotopic (exact) mass is 260 g/mol. The van der Waals surface area contributed by atoms with Crippen LogP contribution in [0.3, 0.4) is 0 Å². The molecule has 1 heterocycles. The average molecular weight is 261 g/mol. The third-order valence-corrected chi connectivity index (χ3v) is 2.82. The molecule has 5 heteroatoms. The fourth-order valence-corrected chi connectivity index (χ4v) is 2.38. The Bertz CT molecular complexity index is 500. The van der Waals surface area contributed by atoms with E-state index in [4.69, 9.17) is 9.15 Å². The fourth-order valence-electron chi connectivity index (χ4n) is 1.07. The van der Waals surface area contributed by atoms with Crippen molar-refractivity contribution in [2.45, 2.75) is 0 Å². The van der Waals surface area contributed by atoms with Crippen LogP contribution in [0.4, 0.5) is 0 Å². The topological polar surface area (TPSA) is 39.4 Å². The van der Waals surface area contributed by atoms with Crippen molar-refractivity contribution in [2.75, 3.05) is 7.11 Å². The maximum Gasteiger partial charge on any atom is 0.396 e. The molecule has 0 aliphatic heterocycles. The summed E-state index contributed by atoms with van der Waals surface area (Å²) in [6, 6.07) is 3.59. The summed E-state index contributed by atoms with van der Waals surface area (Å²) >= 11 is 4.38. The van der Waals surface area contributed by atoms with E-state index in [0.29, 0.717) is 11.3 Å². The van der Waals surface area contributed by atoms with E-state index in [1.165, 1.54) is 0 Å². The fraction of sp³-hybridized carbons (Fsp3) is 0.125. The molecule has 0 atom stereocenters. The molecule has 1 aromatic carbocycles. The van der Waals surface area contributed by atoms with Crippen molar-refractivity contribution in [1.29, 1.82) is 0 Å². The van der Waals surface area contributed by atoms with Gasteiger partial charge in [-0.15, -0.1) is 0 Å². The molecule has 0 fully saturated rings. The van der Waals surface area contributed by atoms with Gasteiger partial charge in [0.1, 0.15) is 0 Å². The maximum atomic E-state index is 10.9. The number of fused-ring (bicyclic) bond motifs is 1. The average Bonchev–Trinajstić information content (AvgIpc) is 2.43. The van der Waals surface area contributed by atoms with Crippen LogP contribution in [0.2, 0.25) is 0 Å². The van der Waals surface area contributed by atoms with E-state index in [9.17, 15) is 4.79 Å². The van der Waals surface area contributed by atoms with Crippen LogP contribution in [-0.2, 0) is 0 Å². The summed E-state index contributed by atoms with van der Waals surface area (Å²) in [5.74, 6) is 0.572. The van der Waals surface area contributed by atoms with Crippen molar-refractivity contribution in [3.63, 3.8) is 0 Å². The highest BCUT2D eigenvalue weighted by atomic mass is 79.9. The zero-order valence-corrected chi connectivity index (χ0v) is 9.07. The summed E-state index contributed by atoms with van der Waals surface area (Å²) in [6.07, 6.45) is 0. The van der Waals surface area contributed by atoms with Gasteiger partial charge in [0, 0.05) is 4.47 Å². The Balaban J connectivity index is 2.88. The molecule has 2 aromatic rings. The van der Waals surface area contributed by atoms with Crippen LogP contribution < -0.4 is 9.68 Å². The number of hydrogen-bond acceptors (Lipinski definition) is 4. The van der Waals surface area contributed by atoms with E-state index >= 15 is 0 Å². The van der Waals surface area contributed by atoms with Gasteiger partial charge in [-0.2, -0.15) is 0 Å². The van der Waals surface area contributed by atoms with Crippen molar-refractivity contribution < 1.29 is 9.15 Å². The van der Waals surface area contributed by atoms with Gasteiger partial charge in [0.2, 0.25) is 0 Å². The molecular formula is C8H5BrO3S. The molecule has 0 spiro atoms. The first kappa shape index (κ1) is 8.77. The van der Waals surface area contributed by atoms with Gasteiger partial charge in [0.25, 0.3) is 0 Å². The Morgan fingerprint density at radius 3 is 3.00 bits per heavy atom. The van der Waals surface area contributed by atoms with Crippen LogP contribution in [0, 0.1) is 0 Å². The van der Waals surface area contributed by atoms with Crippen LogP contribution in [0.5, 0.6) is 5.75 Å². The lowest BCUT2D eigenvalue weighted by molar-refractivity contribution is 0.408. The Hall–Kier alpha value is -0.810. The van der Waals surface area contributed by atoms with Crippen LogP contribution in [0.1, 0.15) is 0 Å². The van der Waals surface area contributed by atoms with Crippen LogP contribution in [0.15, 0.2) is 25.8 Å². The highest BCUT2D eigenvalue weighted by molar-refractivity contribution is 9.10. The third kappa shape index (κ3) is 1.49. The Morgan fingerprint density at radius 1 is 1.54 bits per heavy atom. The van der Waals surface area contributed by atoms with Crippen molar-refractivity contribution in [1.82, 2.24) is 0 Å². The summed E-state index contributed by atoms with van der Waals surface area (Å²) in [5, 5.41) is 0. The summed E-state index contributed by atoms with van der Waals surface area (Å²) in [5.41, 5.74) is 0.515. The zero-order valence-electron chi connectivity index (χ0n) is 6.67. The van der Waals surface area contributed by atoms with E-state index < -0.39 is 0 Å². The van der Waals surface area contributed by atoms with Gasteiger partial charge in [0.05, 0.1) is 11.8 Å². The van der Waals surface area contributed by atoms with Gasteiger partial charge in [0.15, 0.2) is 11.3 Å². The van der Waals surface area contributed by atoms with E-state index in [1.807, 2.05) is 6.07 Å². The standard InChI is InChI=1S/C8H5BrO3S/c1-11-5-2-4(9)3-6-7(5)12-8(10)13-6/h2-3H,1H3. The summed E-state index contributed by atoms with van der Waals surface area (Å²) in [4.78, 5) is 10.6. The molecule has 3 nitrogen and oxygen atoms in total. The Morgan fingerprint density at radius 2 is 2.31 bits per heavy atom. The minimum atomic E-state index is -0.314. The molecule has 0 unspecified atom stereocenters. The van der Waals surface area contributed by atoms with Gasteiger partial charge < -0.3 is 9.15 Å². The molecule has 0 aliphatic rings. The molecule has 0 radical (unpaired) electrons. The smallest absolute Gasteiger partial charge is 0.396 e. The summed E-state index contributed by atoms with van der Waals surface area (Å²) in [6.45, 7) is 0. The van der Waals surface area contributed by atoms with Crippen molar-refractivity contribution >= 4 is 37.5 Å². The largest absolute Gasteiger partial charge is 0.493 e. The second-order valence-corrected chi connectivity index (χ2v) is 4.28.